The number of rotatable bonds is 6. The van der Waals surface area contributed by atoms with Crippen molar-refractivity contribution in [2.75, 3.05) is 17.2 Å². The zero-order chi connectivity index (χ0) is 19.2. The number of nitrogens with zero attached hydrogens (tertiary/aromatic N) is 1. The van der Waals surface area contributed by atoms with Gasteiger partial charge in [0, 0.05) is 30.9 Å². The maximum atomic E-state index is 13.8. The molecule has 0 saturated carbocycles. The molecule has 0 bridgehead atoms. The lowest BCUT2D eigenvalue weighted by Gasteiger charge is -2.25. The molecule has 0 fully saturated rings. The van der Waals surface area contributed by atoms with Crippen LogP contribution in [0.5, 0.6) is 5.75 Å². The first-order chi connectivity index (χ1) is 12.2. The monoisotopic (exact) mass is 360 g/mol. The molecule has 0 aliphatic carbocycles. The zero-order valence-electron chi connectivity index (χ0n) is 14.8. The Hall–Kier alpha value is -3.16. The van der Waals surface area contributed by atoms with Crippen molar-refractivity contribution in [2.45, 2.75) is 26.3 Å². The Morgan fingerprint density at radius 2 is 1.92 bits per heavy atom. The van der Waals surface area contributed by atoms with Crippen LogP contribution < -0.4 is 20.7 Å². The normalized spacial score (nSPS) is 10.8. The number of carbonyl (C=O) groups is 2. The van der Waals surface area contributed by atoms with Crippen LogP contribution in [0, 0.1) is 5.82 Å². The number of amides is 3. The van der Waals surface area contributed by atoms with Gasteiger partial charge in [0.15, 0.2) is 0 Å². The van der Waals surface area contributed by atoms with Crippen molar-refractivity contribution < 1.29 is 18.7 Å². The molecule has 1 heterocycles. The third kappa shape index (κ3) is 6.39. The van der Waals surface area contributed by atoms with E-state index in [1.807, 2.05) is 0 Å². The predicted octanol–water partition coefficient (Wildman–Crippen LogP) is 3.16. The number of carbonyl (C=O) groups excluding carboxylic acids is 2. The Balaban J connectivity index is 2.00. The molecule has 8 heteroatoms. The average Bonchev–Trinajstić information content (AvgIpc) is 2.52. The maximum absolute atomic E-state index is 13.8. The van der Waals surface area contributed by atoms with Crippen molar-refractivity contribution in [1.29, 1.82) is 0 Å². The van der Waals surface area contributed by atoms with Crippen molar-refractivity contribution in [3.63, 3.8) is 0 Å². The van der Waals surface area contributed by atoms with Crippen LogP contribution in [0.15, 0.2) is 42.7 Å². The van der Waals surface area contributed by atoms with Crippen LogP contribution in [0.25, 0.3) is 0 Å². The molecule has 3 N–H and O–H groups in total. The van der Waals surface area contributed by atoms with E-state index >= 15 is 0 Å². The molecular formula is C18H21FN4O3. The van der Waals surface area contributed by atoms with Crippen LogP contribution in [0.3, 0.4) is 0 Å². The summed E-state index contributed by atoms with van der Waals surface area (Å²) in [6, 6.07) is 6.70. The highest BCUT2D eigenvalue weighted by molar-refractivity contribution is 5.99. The van der Waals surface area contributed by atoms with Gasteiger partial charge in [0.05, 0.1) is 17.4 Å². The lowest BCUT2D eigenvalue weighted by molar-refractivity contribution is -0.120. The maximum Gasteiger partial charge on any atom is 0.323 e. The fraction of sp³-hybridized carbons (Fsp3) is 0.278. The highest BCUT2D eigenvalue weighted by Gasteiger charge is 2.20. The van der Waals surface area contributed by atoms with Gasteiger partial charge in [0.2, 0.25) is 5.91 Å². The van der Waals surface area contributed by atoms with E-state index in [4.69, 9.17) is 4.74 Å². The molecule has 7 nitrogen and oxygen atoms in total. The molecule has 0 unspecified atom stereocenters. The third-order valence-electron chi connectivity index (χ3n) is 3.16. The van der Waals surface area contributed by atoms with Gasteiger partial charge >= 0.3 is 6.03 Å². The van der Waals surface area contributed by atoms with Crippen molar-refractivity contribution in [3.05, 3.63) is 48.5 Å². The summed E-state index contributed by atoms with van der Waals surface area (Å²) in [4.78, 5) is 27.0. The Labute approximate surface area is 151 Å². The van der Waals surface area contributed by atoms with Crippen LogP contribution in [0.1, 0.15) is 20.8 Å². The molecule has 26 heavy (non-hydrogen) atoms. The van der Waals surface area contributed by atoms with Crippen molar-refractivity contribution in [2.24, 2.45) is 0 Å². The number of aromatic nitrogens is 1. The summed E-state index contributed by atoms with van der Waals surface area (Å²) >= 11 is 0. The van der Waals surface area contributed by atoms with Gasteiger partial charge < -0.3 is 20.7 Å². The number of urea groups is 1. The minimum Gasteiger partial charge on any atom is -0.491 e. The summed E-state index contributed by atoms with van der Waals surface area (Å²) in [5.41, 5.74) is 0.123. The number of hydrogen-bond acceptors (Lipinski definition) is 4. The van der Waals surface area contributed by atoms with Crippen molar-refractivity contribution >= 4 is 23.3 Å². The van der Waals surface area contributed by atoms with Gasteiger partial charge in [0.1, 0.15) is 18.2 Å². The fourth-order valence-electron chi connectivity index (χ4n) is 2.22. The third-order valence-corrected chi connectivity index (χ3v) is 3.16. The molecule has 0 atom stereocenters. The summed E-state index contributed by atoms with van der Waals surface area (Å²) in [6.07, 6.45) is 3.07. The summed E-state index contributed by atoms with van der Waals surface area (Å²) in [7, 11) is 0. The Morgan fingerprint density at radius 3 is 2.58 bits per heavy atom. The van der Waals surface area contributed by atoms with Crippen LogP contribution in [0.4, 0.5) is 20.6 Å². The Bertz CT molecular complexity index is 781. The summed E-state index contributed by atoms with van der Waals surface area (Å²) in [5, 5.41) is 7.85. The van der Waals surface area contributed by atoms with E-state index in [9.17, 15) is 14.0 Å². The quantitative estimate of drug-likeness (QED) is 0.738. The molecule has 2 aromatic rings. The minimum absolute atomic E-state index is 0.136. The molecule has 0 radical (unpaired) electrons. The smallest absolute Gasteiger partial charge is 0.323 e. The largest absolute Gasteiger partial charge is 0.491 e. The Kier molecular flexibility index (Phi) is 6.11. The summed E-state index contributed by atoms with van der Waals surface area (Å²) in [6.45, 7) is 5.12. The lowest BCUT2D eigenvalue weighted by atomic mass is 10.1. The molecule has 0 saturated heterocycles. The second-order valence-electron chi connectivity index (χ2n) is 6.35. The fourth-order valence-corrected chi connectivity index (χ4v) is 2.22. The second kappa shape index (κ2) is 8.28. The van der Waals surface area contributed by atoms with E-state index in [0.29, 0.717) is 5.69 Å². The summed E-state index contributed by atoms with van der Waals surface area (Å²) in [5.74, 6) is -0.510. The van der Waals surface area contributed by atoms with E-state index in [1.54, 1.807) is 32.2 Å². The molecule has 0 spiro atoms. The zero-order valence-corrected chi connectivity index (χ0v) is 14.8. The van der Waals surface area contributed by atoms with Gasteiger partial charge in [-0.05, 0) is 32.0 Å². The van der Waals surface area contributed by atoms with Crippen LogP contribution in [-0.4, -0.2) is 29.1 Å². The summed E-state index contributed by atoms with van der Waals surface area (Å²) < 4.78 is 19.4. The number of nitrogens with one attached hydrogen (secondary N) is 3. The van der Waals surface area contributed by atoms with E-state index in [0.717, 1.165) is 0 Å². The molecule has 3 amide bonds. The number of ether oxygens (including phenoxy) is 1. The Morgan fingerprint density at radius 1 is 1.19 bits per heavy atom. The highest BCUT2D eigenvalue weighted by Crippen LogP contribution is 2.21. The van der Waals surface area contributed by atoms with E-state index in [2.05, 4.69) is 20.9 Å². The van der Waals surface area contributed by atoms with Gasteiger partial charge in [0.25, 0.3) is 0 Å². The standard InChI is InChI=1S/C18H21FN4O3/c1-12(24)23-18(2,3)11-26-16-8-13(19)7-15(9-16)22-17(25)21-14-5-4-6-20-10-14/h4-10H,11H2,1-3H3,(H,23,24)(H2,21,22,25). The number of hydrogen-bond donors (Lipinski definition) is 3. The van der Waals surface area contributed by atoms with Crippen LogP contribution >= 0.6 is 0 Å². The number of anilines is 2. The topological polar surface area (TPSA) is 92.4 Å². The van der Waals surface area contributed by atoms with Gasteiger partial charge in [-0.1, -0.05) is 0 Å². The first-order valence-corrected chi connectivity index (χ1v) is 7.94. The first kappa shape index (κ1) is 19.2. The van der Waals surface area contributed by atoms with E-state index < -0.39 is 17.4 Å². The van der Waals surface area contributed by atoms with Gasteiger partial charge in [-0.2, -0.15) is 0 Å². The minimum atomic E-state index is -0.622. The lowest BCUT2D eigenvalue weighted by Crippen LogP contribution is -2.46. The SMILES string of the molecule is CC(=O)NC(C)(C)COc1cc(F)cc(NC(=O)Nc2cccnc2)c1. The molecule has 0 aliphatic rings. The van der Waals surface area contributed by atoms with E-state index in [1.165, 1.54) is 31.3 Å². The van der Waals surface area contributed by atoms with Gasteiger partial charge in [-0.3, -0.25) is 9.78 Å². The van der Waals surface area contributed by atoms with Crippen LogP contribution in [-0.2, 0) is 4.79 Å². The van der Waals surface area contributed by atoms with Gasteiger partial charge in [-0.15, -0.1) is 0 Å². The second-order valence-corrected chi connectivity index (χ2v) is 6.35. The van der Waals surface area contributed by atoms with E-state index in [-0.39, 0.29) is 24.0 Å². The first-order valence-electron chi connectivity index (χ1n) is 7.94. The van der Waals surface area contributed by atoms with Crippen molar-refractivity contribution in [3.8, 4) is 5.75 Å². The molecule has 1 aromatic carbocycles. The van der Waals surface area contributed by atoms with Crippen molar-refractivity contribution in [1.82, 2.24) is 10.3 Å². The van der Waals surface area contributed by atoms with Crippen LogP contribution in [0.2, 0.25) is 0 Å². The number of halogens is 1. The number of pyridine rings is 1. The highest BCUT2D eigenvalue weighted by atomic mass is 19.1. The molecule has 2 rings (SSSR count). The predicted molar refractivity (Wildman–Crippen MR) is 96.7 cm³/mol. The number of benzene rings is 1. The molecular weight excluding hydrogens is 339 g/mol. The average molecular weight is 360 g/mol. The molecule has 0 aliphatic heterocycles. The molecule has 1 aromatic heterocycles. The molecule has 138 valence electrons. The van der Waals surface area contributed by atoms with Gasteiger partial charge in [-0.25, -0.2) is 9.18 Å².